The van der Waals surface area contributed by atoms with E-state index in [1.54, 1.807) is 0 Å². The first-order valence-corrected chi connectivity index (χ1v) is 6.55. The first kappa shape index (κ1) is 12.6. The van der Waals surface area contributed by atoms with Gasteiger partial charge in [-0.1, -0.05) is 0 Å². The molecule has 1 aliphatic heterocycles. The Balaban J connectivity index is 1.77. The first-order chi connectivity index (χ1) is 8.29. The summed E-state index contributed by atoms with van der Waals surface area (Å²) in [5.41, 5.74) is 1.30. The van der Waals surface area contributed by atoms with Crippen LogP contribution in [-0.4, -0.2) is 35.6 Å². The second-order valence-corrected chi connectivity index (χ2v) is 4.84. The highest BCUT2D eigenvalue weighted by molar-refractivity contribution is 5.00. The van der Waals surface area contributed by atoms with E-state index in [0.717, 1.165) is 25.9 Å². The number of hydrogen-bond acceptors (Lipinski definition) is 3. The van der Waals surface area contributed by atoms with Crippen LogP contribution < -0.4 is 5.32 Å². The van der Waals surface area contributed by atoms with Gasteiger partial charge < -0.3 is 10.1 Å². The van der Waals surface area contributed by atoms with Gasteiger partial charge in [0.1, 0.15) is 0 Å². The number of nitrogens with one attached hydrogen (secondary N) is 1. The molecule has 1 fully saturated rings. The third-order valence-electron chi connectivity index (χ3n) is 3.65. The van der Waals surface area contributed by atoms with Gasteiger partial charge in [0.15, 0.2) is 0 Å². The van der Waals surface area contributed by atoms with E-state index in [4.69, 9.17) is 4.74 Å². The van der Waals surface area contributed by atoms with E-state index in [0.29, 0.717) is 12.1 Å². The molecule has 0 spiro atoms. The molecule has 1 aromatic rings. The lowest BCUT2D eigenvalue weighted by Gasteiger charge is -2.19. The molecule has 4 nitrogen and oxygen atoms in total. The van der Waals surface area contributed by atoms with Crippen molar-refractivity contribution < 1.29 is 4.74 Å². The van der Waals surface area contributed by atoms with Gasteiger partial charge in [0.05, 0.1) is 6.10 Å². The van der Waals surface area contributed by atoms with Crippen LogP contribution in [-0.2, 0) is 18.2 Å². The van der Waals surface area contributed by atoms with Gasteiger partial charge in [-0.25, -0.2) is 0 Å². The fourth-order valence-corrected chi connectivity index (χ4v) is 2.50. The predicted octanol–water partition coefficient (Wildman–Crippen LogP) is 1.51. The highest BCUT2D eigenvalue weighted by Gasteiger charge is 2.19. The highest BCUT2D eigenvalue weighted by atomic mass is 16.5. The molecule has 0 amide bonds. The lowest BCUT2D eigenvalue weighted by molar-refractivity contribution is 0.0944. The lowest BCUT2D eigenvalue weighted by Crippen LogP contribution is -2.30. The summed E-state index contributed by atoms with van der Waals surface area (Å²) in [4.78, 5) is 0. The summed E-state index contributed by atoms with van der Waals surface area (Å²) in [5, 5.41) is 7.60. The monoisotopic (exact) mass is 237 g/mol. The molecular weight excluding hydrogens is 214 g/mol. The zero-order valence-electron chi connectivity index (χ0n) is 10.9. The summed E-state index contributed by atoms with van der Waals surface area (Å²) < 4.78 is 7.65. The maximum atomic E-state index is 5.69. The molecule has 17 heavy (non-hydrogen) atoms. The topological polar surface area (TPSA) is 39.1 Å². The molecule has 0 bridgehead atoms. The minimum absolute atomic E-state index is 0.471. The van der Waals surface area contributed by atoms with Crippen LogP contribution in [0.1, 0.15) is 31.4 Å². The van der Waals surface area contributed by atoms with Crippen molar-refractivity contribution in [3.63, 3.8) is 0 Å². The van der Waals surface area contributed by atoms with Crippen LogP contribution in [0.2, 0.25) is 0 Å². The minimum Gasteiger partial charge on any atom is -0.378 e. The molecule has 0 saturated carbocycles. The van der Waals surface area contributed by atoms with Crippen LogP contribution in [0.4, 0.5) is 0 Å². The van der Waals surface area contributed by atoms with Gasteiger partial charge in [-0.2, -0.15) is 5.10 Å². The number of ether oxygens (including phenoxy) is 1. The van der Waals surface area contributed by atoms with Gasteiger partial charge in [-0.3, -0.25) is 4.68 Å². The highest BCUT2D eigenvalue weighted by Crippen LogP contribution is 2.18. The molecule has 4 heteroatoms. The normalized spacial score (nSPS) is 21.9. The van der Waals surface area contributed by atoms with Crippen LogP contribution in [0.5, 0.6) is 0 Å². The quantitative estimate of drug-likeness (QED) is 0.815. The second-order valence-electron chi connectivity index (χ2n) is 4.84. The Kier molecular flexibility index (Phi) is 4.57. The van der Waals surface area contributed by atoms with Gasteiger partial charge >= 0.3 is 0 Å². The number of rotatable bonds is 6. The molecule has 2 atom stereocenters. The Morgan fingerprint density at radius 2 is 2.53 bits per heavy atom. The molecule has 1 N–H and O–H groups in total. The minimum atomic E-state index is 0.471. The van der Waals surface area contributed by atoms with Crippen LogP contribution >= 0.6 is 0 Å². The number of hydrogen-bond donors (Lipinski definition) is 1. The zero-order valence-corrected chi connectivity index (χ0v) is 10.9. The molecule has 1 saturated heterocycles. The molecule has 0 aromatic carbocycles. The van der Waals surface area contributed by atoms with Crippen molar-refractivity contribution in [2.24, 2.45) is 7.05 Å². The molecule has 96 valence electrons. The van der Waals surface area contributed by atoms with E-state index in [-0.39, 0.29) is 0 Å². The van der Waals surface area contributed by atoms with Crippen LogP contribution in [0, 0.1) is 0 Å². The SMILES string of the molecule is CNC(CCc1ccnn1C)CC1CCCO1. The van der Waals surface area contributed by atoms with Crippen molar-refractivity contribution >= 4 is 0 Å². The van der Waals surface area contributed by atoms with E-state index in [1.165, 1.54) is 18.5 Å². The van der Waals surface area contributed by atoms with Gasteiger partial charge in [0.25, 0.3) is 0 Å². The molecule has 2 unspecified atom stereocenters. The first-order valence-electron chi connectivity index (χ1n) is 6.55. The Bertz CT molecular complexity index is 331. The maximum Gasteiger partial charge on any atom is 0.0590 e. The largest absolute Gasteiger partial charge is 0.378 e. The average Bonchev–Trinajstić information content (AvgIpc) is 2.96. The average molecular weight is 237 g/mol. The van der Waals surface area contributed by atoms with Crippen molar-refractivity contribution in [1.82, 2.24) is 15.1 Å². The van der Waals surface area contributed by atoms with Crippen molar-refractivity contribution in [2.45, 2.75) is 44.2 Å². The Labute approximate surface area is 103 Å². The summed E-state index contributed by atoms with van der Waals surface area (Å²) in [7, 11) is 4.05. The summed E-state index contributed by atoms with van der Waals surface area (Å²) in [6.45, 7) is 0.947. The van der Waals surface area contributed by atoms with E-state index in [2.05, 4.69) is 16.5 Å². The summed E-state index contributed by atoms with van der Waals surface area (Å²) in [5.74, 6) is 0. The van der Waals surface area contributed by atoms with Gasteiger partial charge in [0, 0.05) is 31.6 Å². The molecule has 1 aliphatic rings. The third-order valence-corrected chi connectivity index (χ3v) is 3.65. The summed E-state index contributed by atoms with van der Waals surface area (Å²) >= 11 is 0. The van der Waals surface area contributed by atoms with E-state index in [9.17, 15) is 0 Å². The van der Waals surface area contributed by atoms with Crippen molar-refractivity contribution in [3.8, 4) is 0 Å². The Hall–Kier alpha value is -0.870. The van der Waals surface area contributed by atoms with E-state index >= 15 is 0 Å². The molecular formula is C13H23N3O. The summed E-state index contributed by atoms with van der Waals surface area (Å²) in [6, 6.07) is 2.65. The zero-order chi connectivity index (χ0) is 12.1. The van der Waals surface area contributed by atoms with Crippen LogP contribution in [0.15, 0.2) is 12.3 Å². The lowest BCUT2D eigenvalue weighted by atomic mass is 10.0. The van der Waals surface area contributed by atoms with Gasteiger partial charge in [-0.05, 0) is 45.2 Å². The smallest absolute Gasteiger partial charge is 0.0590 e. The standard InChI is InChI=1S/C13H23N3O/c1-14-11(10-13-4-3-9-17-13)5-6-12-7-8-15-16(12)2/h7-8,11,13-14H,3-6,9-10H2,1-2H3. The predicted molar refractivity (Wildman–Crippen MR) is 68.0 cm³/mol. The van der Waals surface area contributed by atoms with Crippen molar-refractivity contribution in [2.75, 3.05) is 13.7 Å². The molecule has 2 heterocycles. The fourth-order valence-electron chi connectivity index (χ4n) is 2.50. The van der Waals surface area contributed by atoms with Gasteiger partial charge in [0.2, 0.25) is 0 Å². The maximum absolute atomic E-state index is 5.69. The van der Waals surface area contributed by atoms with Gasteiger partial charge in [-0.15, -0.1) is 0 Å². The van der Waals surface area contributed by atoms with Crippen molar-refractivity contribution in [1.29, 1.82) is 0 Å². The molecule has 0 aliphatic carbocycles. The molecule has 0 radical (unpaired) electrons. The second kappa shape index (κ2) is 6.17. The van der Waals surface area contributed by atoms with Crippen LogP contribution in [0.3, 0.4) is 0 Å². The fraction of sp³-hybridized carbons (Fsp3) is 0.769. The van der Waals surface area contributed by atoms with Crippen molar-refractivity contribution in [3.05, 3.63) is 18.0 Å². The number of aryl methyl sites for hydroxylation is 2. The van der Waals surface area contributed by atoms with Crippen LogP contribution in [0.25, 0.3) is 0 Å². The molecule has 2 rings (SSSR count). The van der Waals surface area contributed by atoms with E-state index in [1.807, 2.05) is 25.0 Å². The Morgan fingerprint density at radius 1 is 1.65 bits per heavy atom. The third kappa shape index (κ3) is 3.54. The Morgan fingerprint density at radius 3 is 3.12 bits per heavy atom. The van der Waals surface area contributed by atoms with E-state index < -0.39 is 0 Å². The number of nitrogens with zero attached hydrogens (tertiary/aromatic N) is 2. The summed E-state index contributed by atoms with van der Waals surface area (Å²) in [6.07, 6.45) is 8.15. The molecule has 1 aromatic heterocycles. The number of aromatic nitrogens is 2.